The zero-order chi connectivity index (χ0) is 32.0. The Morgan fingerprint density at radius 2 is 1.77 bits per heavy atom. The molecule has 6 atom stereocenters. The summed E-state index contributed by atoms with van der Waals surface area (Å²) >= 11 is 0. The van der Waals surface area contributed by atoms with E-state index in [-0.39, 0.29) is 35.8 Å². The highest BCUT2D eigenvalue weighted by Gasteiger charge is 2.55. The van der Waals surface area contributed by atoms with Gasteiger partial charge in [-0.05, 0) is 42.5 Å². The molecule has 1 aliphatic carbocycles. The Morgan fingerprint density at radius 3 is 2.36 bits per heavy atom. The second-order valence-electron chi connectivity index (χ2n) is 12.0. The Bertz CT molecular complexity index is 1440. The minimum Gasteiger partial charge on any atom is -0.395 e. The minimum absolute atomic E-state index is 0.00667. The fraction of sp³-hybridized carbons (Fsp3) is 0.567. The molecule has 1 saturated carbocycles. The molecule has 1 aromatic carbocycles. The molecule has 0 bridgehead atoms. The van der Waals surface area contributed by atoms with Crippen molar-refractivity contribution in [2.75, 3.05) is 19.5 Å². The van der Waals surface area contributed by atoms with Gasteiger partial charge >= 0.3 is 0 Å². The summed E-state index contributed by atoms with van der Waals surface area (Å²) in [6.07, 6.45) is -0.454. The van der Waals surface area contributed by atoms with Gasteiger partial charge in [-0.2, -0.15) is 0 Å². The van der Waals surface area contributed by atoms with E-state index in [1.807, 2.05) is 19.9 Å². The van der Waals surface area contributed by atoms with Gasteiger partial charge in [0, 0.05) is 42.7 Å². The van der Waals surface area contributed by atoms with Crippen molar-refractivity contribution < 1.29 is 42.0 Å². The van der Waals surface area contributed by atoms with E-state index in [0.29, 0.717) is 5.69 Å². The lowest BCUT2D eigenvalue weighted by Gasteiger charge is -2.53. The van der Waals surface area contributed by atoms with Crippen LogP contribution in [0.4, 0.5) is 22.0 Å². The fourth-order valence-corrected chi connectivity index (χ4v) is 10.4. The van der Waals surface area contributed by atoms with E-state index in [9.17, 15) is 37.3 Å². The van der Waals surface area contributed by atoms with Gasteiger partial charge < -0.3 is 20.1 Å². The molecule has 2 aromatic heterocycles. The Labute approximate surface area is 254 Å². The molecule has 1 saturated heterocycles. The van der Waals surface area contributed by atoms with Crippen LogP contribution in [0.1, 0.15) is 68.0 Å². The van der Waals surface area contributed by atoms with Gasteiger partial charge in [-0.1, -0.05) is 25.1 Å². The van der Waals surface area contributed by atoms with Crippen molar-refractivity contribution in [2.24, 2.45) is 0 Å². The maximum absolute atomic E-state index is 14.3. The van der Waals surface area contributed by atoms with Gasteiger partial charge in [0.05, 0.1) is 41.6 Å². The molecule has 1 unspecified atom stereocenters. The topological polar surface area (TPSA) is 114 Å². The average Bonchev–Trinajstić information content (AvgIpc) is 3.47. The van der Waals surface area contributed by atoms with Crippen LogP contribution in [0.25, 0.3) is 11.3 Å². The van der Waals surface area contributed by atoms with E-state index in [1.54, 1.807) is 12.3 Å². The normalized spacial score (nSPS) is 28.2. The van der Waals surface area contributed by atoms with Crippen molar-refractivity contribution in [2.45, 2.75) is 85.7 Å². The van der Waals surface area contributed by atoms with Gasteiger partial charge in [0.1, 0.15) is 11.7 Å². The van der Waals surface area contributed by atoms with Gasteiger partial charge in [-0.15, -0.1) is 5.10 Å². The van der Waals surface area contributed by atoms with Crippen molar-refractivity contribution in [3.05, 3.63) is 65.4 Å². The highest BCUT2D eigenvalue weighted by Crippen LogP contribution is 2.61. The molecule has 44 heavy (non-hydrogen) atoms. The van der Waals surface area contributed by atoms with Crippen LogP contribution < -0.4 is 0 Å². The molecule has 242 valence electrons. The Kier molecular flexibility index (Phi) is 9.39. The standard InChI is InChI=1S/C30H37F5N4O4S/c1-16(2)18-5-4-10-36-25(18)28(29(42)6-8-30(34,35)9-7-29)44-15-22(43-3)26(27(41)23(44)14-40)39-13-21(37-38-39)17-11-19(31)24(33)20(32)12-17/h4-5,10-13,16,22-23,26-28,40-42,44H,6-9,14-15H2,1-3H3/t22-,23+,26+,27-,28+/m0/s1. The number of aromatic nitrogens is 4. The second kappa shape index (κ2) is 12.6. The molecule has 8 nitrogen and oxygen atoms in total. The molecule has 0 spiro atoms. The summed E-state index contributed by atoms with van der Waals surface area (Å²) in [5, 5.41) is 41.1. The van der Waals surface area contributed by atoms with Crippen LogP contribution in [0.5, 0.6) is 0 Å². The summed E-state index contributed by atoms with van der Waals surface area (Å²) in [7, 11) is -0.118. The molecule has 3 aromatic rings. The van der Waals surface area contributed by atoms with Crippen LogP contribution in [-0.4, -0.2) is 83.7 Å². The lowest BCUT2D eigenvalue weighted by atomic mass is 9.78. The van der Waals surface area contributed by atoms with Gasteiger partial charge in [0.15, 0.2) is 17.5 Å². The molecule has 2 aliphatic rings. The third-order valence-electron chi connectivity index (χ3n) is 8.97. The predicted molar refractivity (Wildman–Crippen MR) is 155 cm³/mol. The molecule has 2 fully saturated rings. The number of ether oxygens (including phenoxy) is 1. The summed E-state index contributed by atoms with van der Waals surface area (Å²) in [5.41, 5.74) is -0.221. The van der Waals surface area contributed by atoms with E-state index >= 15 is 0 Å². The number of nitrogens with zero attached hydrogens (tertiary/aromatic N) is 4. The van der Waals surface area contributed by atoms with Crippen LogP contribution in [0.15, 0.2) is 36.7 Å². The number of hydrogen-bond acceptors (Lipinski definition) is 7. The van der Waals surface area contributed by atoms with Crippen LogP contribution >= 0.6 is 10.9 Å². The van der Waals surface area contributed by atoms with Crippen molar-refractivity contribution in [3.8, 4) is 11.3 Å². The summed E-state index contributed by atoms with van der Waals surface area (Å²) < 4.78 is 77.1. The Balaban J connectivity index is 1.55. The smallest absolute Gasteiger partial charge is 0.248 e. The zero-order valence-electron chi connectivity index (χ0n) is 24.5. The molecular weight excluding hydrogens is 607 g/mol. The molecule has 0 amide bonds. The predicted octanol–water partition coefficient (Wildman–Crippen LogP) is 4.86. The monoisotopic (exact) mass is 644 g/mol. The van der Waals surface area contributed by atoms with Gasteiger partial charge in [0.25, 0.3) is 0 Å². The van der Waals surface area contributed by atoms with Gasteiger partial charge in [0.2, 0.25) is 5.92 Å². The Hall–Kier alpha value is -2.65. The zero-order valence-corrected chi connectivity index (χ0v) is 25.4. The molecule has 0 radical (unpaired) electrons. The number of hydrogen-bond donors (Lipinski definition) is 4. The molecular formula is C30H37F5N4O4S. The number of halogens is 5. The van der Waals surface area contributed by atoms with E-state index in [1.165, 1.54) is 18.0 Å². The molecule has 1 aliphatic heterocycles. The number of alkyl halides is 2. The summed E-state index contributed by atoms with van der Waals surface area (Å²) in [4.78, 5) is 4.66. The number of benzene rings is 1. The highest BCUT2D eigenvalue weighted by molar-refractivity contribution is 8.18. The molecule has 3 heterocycles. The third kappa shape index (κ3) is 6.11. The number of pyridine rings is 1. The Morgan fingerprint density at radius 1 is 1.11 bits per heavy atom. The maximum Gasteiger partial charge on any atom is 0.248 e. The maximum atomic E-state index is 14.3. The quantitative estimate of drug-likeness (QED) is 0.158. The first-order valence-corrected chi connectivity index (χ1v) is 16.2. The third-order valence-corrected chi connectivity index (χ3v) is 12.5. The van der Waals surface area contributed by atoms with Crippen LogP contribution in [0.3, 0.4) is 0 Å². The van der Waals surface area contributed by atoms with Gasteiger partial charge in [-0.3, -0.25) is 4.98 Å². The van der Waals surface area contributed by atoms with E-state index in [4.69, 9.17) is 4.74 Å². The summed E-state index contributed by atoms with van der Waals surface area (Å²) in [6, 6.07) is 4.32. The lowest BCUT2D eigenvalue weighted by Crippen LogP contribution is -2.54. The van der Waals surface area contributed by atoms with E-state index < -0.39 is 88.1 Å². The highest BCUT2D eigenvalue weighted by atomic mass is 32.2. The van der Waals surface area contributed by atoms with Crippen molar-refractivity contribution >= 4 is 10.9 Å². The van der Waals surface area contributed by atoms with Gasteiger partial charge in [-0.25, -0.2) is 37.5 Å². The first-order valence-electron chi connectivity index (χ1n) is 14.5. The van der Waals surface area contributed by atoms with Crippen molar-refractivity contribution in [1.82, 2.24) is 20.0 Å². The van der Waals surface area contributed by atoms with Crippen molar-refractivity contribution in [3.63, 3.8) is 0 Å². The molecule has 5 rings (SSSR count). The number of methoxy groups -OCH3 is 1. The average molecular weight is 645 g/mol. The minimum atomic E-state index is -2.90. The van der Waals surface area contributed by atoms with Crippen LogP contribution in [0, 0.1) is 17.5 Å². The number of thiol groups is 1. The number of aliphatic hydroxyl groups is 3. The van der Waals surface area contributed by atoms with E-state index in [2.05, 4.69) is 15.3 Å². The fourth-order valence-electron chi connectivity index (χ4n) is 6.59. The number of rotatable bonds is 8. The van der Waals surface area contributed by atoms with E-state index in [0.717, 1.165) is 17.7 Å². The first-order chi connectivity index (χ1) is 20.8. The number of aliphatic hydroxyl groups excluding tert-OH is 2. The molecule has 14 heteroatoms. The first kappa shape index (κ1) is 32.7. The molecule has 3 N–H and O–H groups in total. The summed E-state index contributed by atoms with van der Waals surface area (Å²) in [6.45, 7) is 3.46. The second-order valence-corrected chi connectivity index (χ2v) is 14.6. The van der Waals surface area contributed by atoms with Crippen LogP contribution in [0.2, 0.25) is 0 Å². The van der Waals surface area contributed by atoms with Crippen LogP contribution in [-0.2, 0) is 4.74 Å². The largest absolute Gasteiger partial charge is 0.395 e. The summed E-state index contributed by atoms with van der Waals surface area (Å²) in [5.74, 6) is -7.08. The lowest BCUT2D eigenvalue weighted by molar-refractivity contribution is -0.105. The SMILES string of the molecule is CO[C@H]1C[SH]([C@H](c2ncccc2C(C)C)C2(O)CCC(F)(F)CC2)[C@H](CO)[C@H](O)[C@@H]1n1cc(-c2cc(F)c(F)c(F)c2)nn1. The van der Waals surface area contributed by atoms with Crippen molar-refractivity contribution in [1.29, 1.82) is 0 Å².